The molecule has 0 aliphatic heterocycles. The van der Waals surface area contributed by atoms with Crippen molar-refractivity contribution in [2.75, 3.05) is 5.32 Å². The quantitative estimate of drug-likeness (QED) is 0.653. The molecule has 0 aliphatic rings. The third kappa shape index (κ3) is 2.58. The Morgan fingerprint density at radius 3 is 2.90 bits per heavy atom. The first kappa shape index (κ1) is 13.5. The lowest BCUT2D eigenvalue weighted by Crippen LogP contribution is -2.18. The zero-order valence-electron chi connectivity index (χ0n) is 10.6. The van der Waals surface area contributed by atoms with E-state index >= 15 is 0 Å². The molecule has 2 N–H and O–H groups in total. The van der Waals surface area contributed by atoms with Crippen molar-refractivity contribution < 1.29 is 14.8 Å². The number of carbonyl (C=O) groups is 1. The first-order valence-corrected chi connectivity index (χ1v) is 5.83. The number of phenolic OH excluding ortho intramolecular Hbond substituents is 1. The summed E-state index contributed by atoms with van der Waals surface area (Å²) in [6, 6.07) is 5.91. The van der Waals surface area contributed by atoms with Crippen LogP contribution in [0, 0.1) is 10.1 Å². The highest BCUT2D eigenvalue weighted by Crippen LogP contribution is 2.21. The van der Waals surface area contributed by atoms with Crippen LogP contribution in [0.1, 0.15) is 17.4 Å². The summed E-state index contributed by atoms with van der Waals surface area (Å²) in [5.41, 5.74) is -0.140. The fraction of sp³-hybridized carbons (Fsp3) is 0.167. The molecule has 1 aromatic carbocycles. The van der Waals surface area contributed by atoms with Crippen molar-refractivity contribution in [3.63, 3.8) is 0 Å². The van der Waals surface area contributed by atoms with Crippen LogP contribution >= 0.6 is 0 Å². The first-order valence-electron chi connectivity index (χ1n) is 5.83. The van der Waals surface area contributed by atoms with E-state index in [1.807, 2.05) is 0 Å². The van der Waals surface area contributed by atoms with Gasteiger partial charge in [0.15, 0.2) is 0 Å². The van der Waals surface area contributed by atoms with Crippen LogP contribution in [0.25, 0.3) is 0 Å². The molecular weight excluding hydrogens is 264 g/mol. The molecule has 1 amide bonds. The molecule has 1 heterocycles. The van der Waals surface area contributed by atoms with E-state index in [0.717, 1.165) is 6.20 Å². The summed E-state index contributed by atoms with van der Waals surface area (Å²) in [6.07, 6.45) is 1.04. The Kier molecular flexibility index (Phi) is 3.65. The number of aryl methyl sites for hydroxylation is 1. The van der Waals surface area contributed by atoms with Gasteiger partial charge in [-0.2, -0.15) is 5.10 Å². The molecule has 1 aromatic heterocycles. The van der Waals surface area contributed by atoms with E-state index < -0.39 is 10.8 Å². The van der Waals surface area contributed by atoms with Gasteiger partial charge in [0.05, 0.1) is 4.92 Å². The molecule has 0 radical (unpaired) electrons. The van der Waals surface area contributed by atoms with Gasteiger partial charge in [-0.25, -0.2) is 0 Å². The normalized spacial score (nSPS) is 10.2. The number of aromatic nitrogens is 2. The zero-order chi connectivity index (χ0) is 14.7. The smallest absolute Gasteiger partial charge is 0.320 e. The van der Waals surface area contributed by atoms with E-state index in [0.29, 0.717) is 12.2 Å². The molecule has 8 heteroatoms. The van der Waals surface area contributed by atoms with E-state index in [9.17, 15) is 20.0 Å². The Bertz CT molecular complexity index is 665. The average molecular weight is 276 g/mol. The zero-order valence-corrected chi connectivity index (χ0v) is 10.6. The van der Waals surface area contributed by atoms with E-state index in [1.54, 1.807) is 19.1 Å². The maximum Gasteiger partial charge on any atom is 0.320 e. The van der Waals surface area contributed by atoms with E-state index in [1.165, 1.54) is 16.8 Å². The lowest BCUT2D eigenvalue weighted by atomic mass is 10.2. The minimum absolute atomic E-state index is 0.0127. The maximum atomic E-state index is 12.1. The van der Waals surface area contributed by atoms with Crippen molar-refractivity contribution in [3.8, 4) is 5.75 Å². The standard InChI is InChI=1S/C12H12N4O4/c1-2-15-11(10(7-13-15)16(19)20)12(18)14-8-4-3-5-9(17)6-8/h3-7,17H,2H2,1H3,(H,14,18). The van der Waals surface area contributed by atoms with Crippen molar-refractivity contribution in [2.24, 2.45) is 0 Å². The Hall–Kier alpha value is -2.90. The fourth-order valence-electron chi connectivity index (χ4n) is 1.76. The molecule has 0 bridgehead atoms. The van der Waals surface area contributed by atoms with Gasteiger partial charge in [0, 0.05) is 18.3 Å². The number of anilines is 1. The molecule has 2 aromatic rings. The molecule has 104 valence electrons. The van der Waals surface area contributed by atoms with Crippen LogP contribution < -0.4 is 5.32 Å². The molecule has 2 rings (SSSR count). The summed E-state index contributed by atoms with van der Waals surface area (Å²) in [5.74, 6) is -0.664. The van der Waals surface area contributed by atoms with Crippen molar-refractivity contribution in [2.45, 2.75) is 13.5 Å². The monoisotopic (exact) mass is 276 g/mol. The second kappa shape index (κ2) is 5.39. The van der Waals surface area contributed by atoms with Crippen LogP contribution in [0.3, 0.4) is 0 Å². The predicted octanol–water partition coefficient (Wildman–Crippen LogP) is 1.77. The van der Waals surface area contributed by atoms with E-state index in [4.69, 9.17) is 0 Å². The van der Waals surface area contributed by atoms with Gasteiger partial charge >= 0.3 is 5.69 Å². The molecule has 0 saturated heterocycles. The largest absolute Gasteiger partial charge is 0.508 e. The van der Waals surface area contributed by atoms with Crippen LogP contribution in [0.5, 0.6) is 5.75 Å². The molecule has 0 saturated carbocycles. The van der Waals surface area contributed by atoms with Gasteiger partial charge in [-0.05, 0) is 19.1 Å². The Labute approximate surface area is 113 Å². The summed E-state index contributed by atoms with van der Waals surface area (Å²) in [4.78, 5) is 22.4. The second-order valence-electron chi connectivity index (χ2n) is 3.96. The Morgan fingerprint density at radius 1 is 1.55 bits per heavy atom. The van der Waals surface area contributed by atoms with Gasteiger partial charge < -0.3 is 10.4 Å². The number of nitro groups is 1. The minimum Gasteiger partial charge on any atom is -0.508 e. The summed E-state index contributed by atoms with van der Waals surface area (Å²) >= 11 is 0. The van der Waals surface area contributed by atoms with Crippen molar-refractivity contribution in [3.05, 3.63) is 46.3 Å². The summed E-state index contributed by atoms with van der Waals surface area (Å²) in [5, 5.41) is 26.5. The third-order valence-corrected chi connectivity index (χ3v) is 2.64. The highest BCUT2D eigenvalue weighted by molar-refractivity contribution is 6.05. The Balaban J connectivity index is 2.33. The van der Waals surface area contributed by atoms with Crippen LogP contribution in [0.2, 0.25) is 0 Å². The van der Waals surface area contributed by atoms with Crippen LogP contribution in [0.4, 0.5) is 11.4 Å². The number of nitrogens with zero attached hydrogens (tertiary/aromatic N) is 3. The van der Waals surface area contributed by atoms with Crippen LogP contribution in [-0.4, -0.2) is 25.7 Å². The molecular formula is C12H12N4O4. The van der Waals surface area contributed by atoms with Gasteiger partial charge in [-0.15, -0.1) is 0 Å². The third-order valence-electron chi connectivity index (χ3n) is 2.64. The predicted molar refractivity (Wildman–Crippen MR) is 70.6 cm³/mol. The maximum absolute atomic E-state index is 12.1. The molecule has 8 nitrogen and oxygen atoms in total. The second-order valence-corrected chi connectivity index (χ2v) is 3.96. The van der Waals surface area contributed by atoms with Crippen molar-refractivity contribution >= 4 is 17.3 Å². The number of amides is 1. The first-order chi connectivity index (χ1) is 9.52. The summed E-state index contributed by atoms with van der Waals surface area (Å²) < 4.78 is 1.25. The SMILES string of the molecule is CCn1ncc([N+](=O)[O-])c1C(=O)Nc1cccc(O)c1. The molecule has 0 atom stereocenters. The minimum atomic E-state index is -0.656. The average Bonchev–Trinajstić information content (AvgIpc) is 2.82. The lowest BCUT2D eigenvalue weighted by Gasteiger charge is -2.06. The van der Waals surface area contributed by atoms with Gasteiger partial charge in [-0.3, -0.25) is 19.6 Å². The number of nitrogens with one attached hydrogen (secondary N) is 1. The number of phenols is 1. The molecule has 0 spiro atoms. The van der Waals surface area contributed by atoms with Crippen molar-refractivity contribution in [1.82, 2.24) is 9.78 Å². The van der Waals surface area contributed by atoms with Gasteiger partial charge in [-0.1, -0.05) is 6.07 Å². The summed E-state index contributed by atoms with van der Waals surface area (Å²) in [6.45, 7) is 2.05. The fourth-order valence-corrected chi connectivity index (χ4v) is 1.76. The summed E-state index contributed by atoms with van der Waals surface area (Å²) in [7, 11) is 0. The molecule has 0 unspecified atom stereocenters. The highest BCUT2D eigenvalue weighted by atomic mass is 16.6. The molecule has 0 fully saturated rings. The van der Waals surface area contributed by atoms with Gasteiger partial charge in [0.1, 0.15) is 11.9 Å². The van der Waals surface area contributed by atoms with E-state index in [-0.39, 0.29) is 17.1 Å². The van der Waals surface area contributed by atoms with Crippen LogP contribution in [0.15, 0.2) is 30.5 Å². The number of benzene rings is 1. The lowest BCUT2D eigenvalue weighted by molar-refractivity contribution is -0.385. The number of hydrogen-bond donors (Lipinski definition) is 2. The number of hydrogen-bond acceptors (Lipinski definition) is 5. The topological polar surface area (TPSA) is 110 Å². The molecule has 0 aliphatic carbocycles. The highest BCUT2D eigenvalue weighted by Gasteiger charge is 2.26. The Morgan fingerprint density at radius 2 is 2.30 bits per heavy atom. The number of carbonyl (C=O) groups excluding carboxylic acids is 1. The van der Waals surface area contributed by atoms with E-state index in [2.05, 4.69) is 10.4 Å². The van der Waals surface area contributed by atoms with Gasteiger partial charge in [0.25, 0.3) is 5.91 Å². The van der Waals surface area contributed by atoms with Crippen molar-refractivity contribution in [1.29, 1.82) is 0 Å². The molecule has 20 heavy (non-hydrogen) atoms. The number of aromatic hydroxyl groups is 1. The van der Waals surface area contributed by atoms with Gasteiger partial charge in [0.2, 0.25) is 5.69 Å². The van der Waals surface area contributed by atoms with Crippen LogP contribution in [-0.2, 0) is 6.54 Å². The number of rotatable bonds is 4.